The summed E-state index contributed by atoms with van der Waals surface area (Å²) in [4.78, 5) is 17.1. The van der Waals surface area contributed by atoms with Crippen LogP contribution in [0, 0.1) is 5.82 Å². The van der Waals surface area contributed by atoms with Gasteiger partial charge < -0.3 is 14.7 Å². The summed E-state index contributed by atoms with van der Waals surface area (Å²) in [7, 11) is 1.41. The van der Waals surface area contributed by atoms with Gasteiger partial charge in [0, 0.05) is 36.4 Å². The smallest absolute Gasteiger partial charge is 0.335 e. The molecule has 0 atom stereocenters. The fraction of sp³-hybridized carbons (Fsp3) is 0.100. The van der Waals surface area contributed by atoms with Gasteiger partial charge in [-0.05, 0) is 48.0 Å². The molecule has 5 nitrogen and oxygen atoms in total. The molecule has 0 fully saturated rings. The first-order valence-electron chi connectivity index (χ1n) is 7.92. The Hall–Kier alpha value is -3.41. The fourth-order valence-corrected chi connectivity index (χ4v) is 2.61. The molecule has 0 spiro atoms. The normalized spacial score (nSPS) is 10.4. The van der Waals surface area contributed by atoms with Crippen LogP contribution >= 0.6 is 0 Å². The third kappa shape index (κ3) is 3.80. The average molecular weight is 352 g/mol. The highest BCUT2D eigenvalue weighted by molar-refractivity contribution is 5.88. The van der Waals surface area contributed by atoms with Crippen molar-refractivity contribution in [3.63, 3.8) is 0 Å². The Bertz CT molecular complexity index is 899. The Balaban J connectivity index is 2.02. The van der Waals surface area contributed by atoms with Gasteiger partial charge in [-0.25, -0.2) is 9.18 Å². The van der Waals surface area contributed by atoms with E-state index in [1.807, 2.05) is 17.0 Å². The molecule has 0 aliphatic rings. The molecule has 0 radical (unpaired) electrons. The highest BCUT2D eigenvalue weighted by Crippen LogP contribution is 2.31. The molecule has 0 saturated heterocycles. The van der Waals surface area contributed by atoms with Crippen molar-refractivity contribution in [3.05, 3.63) is 83.9 Å². The van der Waals surface area contributed by atoms with Crippen molar-refractivity contribution in [1.82, 2.24) is 4.98 Å². The Kier molecular flexibility index (Phi) is 5.12. The van der Waals surface area contributed by atoms with Crippen molar-refractivity contribution in [2.45, 2.75) is 6.54 Å². The average Bonchev–Trinajstić information content (AvgIpc) is 2.67. The van der Waals surface area contributed by atoms with E-state index in [-0.39, 0.29) is 11.3 Å². The number of carbonyl (C=O) groups is 1. The SMILES string of the molecule is COc1cc(N(Cc2cccnc2)c2ccc(C(=O)O)cc2)ccc1F. The zero-order valence-electron chi connectivity index (χ0n) is 14.1. The molecule has 1 N–H and O–H groups in total. The summed E-state index contributed by atoms with van der Waals surface area (Å²) in [5.74, 6) is -1.29. The first kappa shape index (κ1) is 17.4. The largest absolute Gasteiger partial charge is 0.494 e. The van der Waals surface area contributed by atoms with Crippen molar-refractivity contribution in [3.8, 4) is 5.75 Å². The number of halogens is 1. The van der Waals surface area contributed by atoms with E-state index >= 15 is 0 Å². The number of rotatable bonds is 6. The molecular weight excluding hydrogens is 335 g/mol. The maximum atomic E-state index is 13.8. The van der Waals surface area contributed by atoms with Gasteiger partial charge in [0.25, 0.3) is 0 Å². The third-order valence-corrected chi connectivity index (χ3v) is 3.94. The topological polar surface area (TPSA) is 62.7 Å². The number of anilines is 2. The van der Waals surface area contributed by atoms with Gasteiger partial charge in [-0.2, -0.15) is 0 Å². The van der Waals surface area contributed by atoms with Crippen LogP contribution in [0.2, 0.25) is 0 Å². The second-order valence-electron chi connectivity index (χ2n) is 5.62. The molecule has 2 aromatic carbocycles. The zero-order chi connectivity index (χ0) is 18.5. The van der Waals surface area contributed by atoms with E-state index in [2.05, 4.69) is 4.98 Å². The van der Waals surface area contributed by atoms with Gasteiger partial charge in [-0.3, -0.25) is 4.98 Å². The lowest BCUT2D eigenvalue weighted by Crippen LogP contribution is -2.17. The molecule has 0 amide bonds. The fourth-order valence-electron chi connectivity index (χ4n) is 2.61. The van der Waals surface area contributed by atoms with Gasteiger partial charge >= 0.3 is 5.97 Å². The second kappa shape index (κ2) is 7.65. The molecule has 0 aliphatic carbocycles. The van der Waals surface area contributed by atoms with Gasteiger partial charge in [-0.15, -0.1) is 0 Å². The van der Waals surface area contributed by atoms with Crippen molar-refractivity contribution in [1.29, 1.82) is 0 Å². The van der Waals surface area contributed by atoms with E-state index in [1.54, 1.807) is 36.7 Å². The minimum Gasteiger partial charge on any atom is -0.494 e. The van der Waals surface area contributed by atoms with Crippen LogP contribution in [0.1, 0.15) is 15.9 Å². The van der Waals surface area contributed by atoms with Gasteiger partial charge in [0.2, 0.25) is 0 Å². The van der Waals surface area contributed by atoms with E-state index in [0.717, 1.165) is 16.9 Å². The summed E-state index contributed by atoms with van der Waals surface area (Å²) >= 11 is 0. The first-order chi connectivity index (χ1) is 12.6. The first-order valence-corrected chi connectivity index (χ1v) is 7.92. The number of hydrogen-bond donors (Lipinski definition) is 1. The number of benzene rings is 2. The van der Waals surface area contributed by atoms with Crippen molar-refractivity contribution in [2.75, 3.05) is 12.0 Å². The number of aromatic carboxylic acids is 1. The summed E-state index contributed by atoms with van der Waals surface area (Å²) in [5, 5.41) is 9.09. The summed E-state index contributed by atoms with van der Waals surface area (Å²) in [6.07, 6.45) is 3.44. The Morgan fingerprint density at radius 2 is 1.88 bits per heavy atom. The minimum atomic E-state index is -0.987. The van der Waals surface area contributed by atoms with Crippen LogP contribution in [0.15, 0.2) is 67.0 Å². The Morgan fingerprint density at radius 3 is 2.50 bits per heavy atom. The van der Waals surface area contributed by atoms with E-state index in [4.69, 9.17) is 9.84 Å². The van der Waals surface area contributed by atoms with Crippen LogP contribution in [0.25, 0.3) is 0 Å². The second-order valence-corrected chi connectivity index (χ2v) is 5.62. The van der Waals surface area contributed by atoms with Crippen LogP contribution in [-0.2, 0) is 6.54 Å². The monoisotopic (exact) mass is 352 g/mol. The van der Waals surface area contributed by atoms with Crippen LogP contribution in [0.4, 0.5) is 15.8 Å². The van der Waals surface area contributed by atoms with Crippen molar-refractivity contribution < 1.29 is 19.0 Å². The predicted molar refractivity (Wildman–Crippen MR) is 96.4 cm³/mol. The number of aromatic nitrogens is 1. The number of ether oxygens (including phenoxy) is 1. The summed E-state index contributed by atoms with van der Waals surface area (Å²) < 4.78 is 18.9. The van der Waals surface area contributed by atoms with Gasteiger partial charge in [0.05, 0.1) is 12.7 Å². The van der Waals surface area contributed by atoms with Crippen LogP contribution in [0.5, 0.6) is 5.75 Å². The molecule has 0 bridgehead atoms. The molecule has 0 unspecified atom stereocenters. The maximum absolute atomic E-state index is 13.8. The number of hydrogen-bond acceptors (Lipinski definition) is 4. The van der Waals surface area contributed by atoms with Gasteiger partial charge in [-0.1, -0.05) is 6.07 Å². The highest BCUT2D eigenvalue weighted by Gasteiger charge is 2.14. The minimum absolute atomic E-state index is 0.140. The molecular formula is C20H17FN2O3. The Labute approximate surface area is 150 Å². The molecule has 26 heavy (non-hydrogen) atoms. The Morgan fingerprint density at radius 1 is 1.15 bits per heavy atom. The molecule has 1 aromatic heterocycles. The zero-order valence-corrected chi connectivity index (χ0v) is 14.1. The standard InChI is InChI=1S/C20H17FN2O3/c1-26-19-11-17(8-9-18(19)21)23(13-14-3-2-10-22-12-14)16-6-4-15(5-7-16)20(24)25/h2-12H,13H2,1H3,(H,24,25). The van der Waals surface area contributed by atoms with E-state index in [1.165, 1.54) is 25.3 Å². The van der Waals surface area contributed by atoms with Gasteiger partial charge in [0.1, 0.15) is 0 Å². The molecule has 0 saturated carbocycles. The molecule has 1 heterocycles. The molecule has 3 rings (SSSR count). The number of nitrogens with zero attached hydrogens (tertiary/aromatic N) is 2. The summed E-state index contributed by atoms with van der Waals surface area (Å²) in [6.45, 7) is 0.481. The van der Waals surface area contributed by atoms with Crippen LogP contribution < -0.4 is 9.64 Å². The van der Waals surface area contributed by atoms with Gasteiger partial charge in [0.15, 0.2) is 11.6 Å². The lowest BCUT2D eigenvalue weighted by molar-refractivity contribution is 0.0697. The number of carboxylic acids is 1. The van der Waals surface area contributed by atoms with Crippen molar-refractivity contribution in [2.24, 2.45) is 0 Å². The molecule has 132 valence electrons. The lowest BCUT2D eigenvalue weighted by Gasteiger charge is -2.25. The number of methoxy groups -OCH3 is 1. The molecule has 6 heteroatoms. The summed E-state index contributed by atoms with van der Waals surface area (Å²) in [6, 6.07) is 14.9. The summed E-state index contributed by atoms with van der Waals surface area (Å²) in [5.41, 5.74) is 2.65. The lowest BCUT2D eigenvalue weighted by atomic mass is 10.1. The van der Waals surface area contributed by atoms with E-state index < -0.39 is 11.8 Å². The van der Waals surface area contributed by atoms with Crippen LogP contribution in [-0.4, -0.2) is 23.2 Å². The van der Waals surface area contributed by atoms with Crippen LogP contribution in [0.3, 0.4) is 0 Å². The maximum Gasteiger partial charge on any atom is 0.335 e. The van der Waals surface area contributed by atoms with Crippen molar-refractivity contribution >= 4 is 17.3 Å². The number of pyridine rings is 1. The van der Waals surface area contributed by atoms with E-state index in [0.29, 0.717) is 6.54 Å². The predicted octanol–water partition coefficient (Wildman–Crippen LogP) is 4.27. The van der Waals surface area contributed by atoms with E-state index in [9.17, 15) is 9.18 Å². The quantitative estimate of drug-likeness (QED) is 0.718. The number of carboxylic acid groups (broad SMARTS) is 1. The molecule has 0 aliphatic heterocycles. The molecule has 3 aromatic rings. The highest BCUT2D eigenvalue weighted by atomic mass is 19.1. The third-order valence-electron chi connectivity index (χ3n) is 3.94.